The summed E-state index contributed by atoms with van der Waals surface area (Å²) in [6, 6.07) is 0. The normalized spacial score (nSPS) is 11.3. The standard InChI is InChI=1S/2C3H10NO4P.Mg/c2*1-4-2-3-8-9(5,6)7;/h2*4H,2-3H2,1H3,(H2,5,6,7);. The van der Waals surface area contributed by atoms with E-state index in [0.717, 1.165) is 0 Å². The van der Waals surface area contributed by atoms with Crippen molar-refractivity contribution in [2.24, 2.45) is 0 Å². The van der Waals surface area contributed by atoms with Crippen LogP contribution in [0.4, 0.5) is 0 Å². The molecule has 0 aromatic carbocycles. The topological polar surface area (TPSA) is 158 Å². The molecule has 0 rings (SSSR count). The van der Waals surface area contributed by atoms with Gasteiger partial charge in [0.15, 0.2) is 0 Å². The van der Waals surface area contributed by atoms with Gasteiger partial charge in [-0.3, -0.25) is 9.05 Å². The third kappa shape index (κ3) is 32.4. The van der Waals surface area contributed by atoms with Gasteiger partial charge in [-0.25, -0.2) is 9.13 Å². The fourth-order valence-electron chi connectivity index (χ4n) is 0.533. The Bertz CT molecular complexity index is 254. The number of phosphoric acid groups is 2. The Morgan fingerprint density at radius 3 is 1.26 bits per heavy atom. The van der Waals surface area contributed by atoms with Gasteiger partial charge < -0.3 is 30.2 Å². The molecule has 0 bridgehead atoms. The average Bonchev–Trinajstić information content (AvgIpc) is 2.16. The maximum atomic E-state index is 9.95. The molecule has 0 saturated carbocycles. The molecular formula is C6H20MgN2O8P2. The molecule has 0 aliphatic carbocycles. The summed E-state index contributed by atoms with van der Waals surface area (Å²) in [6.45, 7) is 0.928. The summed E-state index contributed by atoms with van der Waals surface area (Å²) < 4.78 is 28.0. The van der Waals surface area contributed by atoms with E-state index in [4.69, 9.17) is 19.6 Å². The van der Waals surface area contributed by atoms with Crippen molar-refractivity contribution in [3.8, 4) is 0 Å². The molecule has 0 aromatic rings. The summed E-state index contributed by atoms with van der Waals surface area (Å²) in [7, 11) is -5.13. The zero-order valence-electron chi connectivity index (χ0n) is 10.9. The van der Waals surface area contributed by atoms with E-state index in [2.05, 4.69) is 19.7 Å². The number of rotatable bonds is 8. The number of nitrogens with one attached hydrogen (secondary N) is 2. The highest BCUT2D eigenvalue weighted by Gasteiger charge is 2.12. The number of phosphoric ester groups is 2. The van der Waals surface area contributed by atoms with Crippen molar-refractivity contribution in [3.63, 3.8) is 0 Å². The Morgan fingerprint density at radius 1 is 0.842 bits per heavy atom. The van der Waals surface area contributed by atoms with E-state index in [1.54, 1.807) is 14.1 Å². The Labute approximate surface area is 127 Å². The lowest BCUT2D eigenvalue weighted by molar-refractivity contribution is 0.197. The SMILES string of the molecule is CNCCOP(=O)(O)O.CNCCOP(=O)(O)O.[Mg]. The van der Waals surface area contributed by atoms with Crippen molar-refractivity contribution in [1.82, 2.24) is 10.6 Å². The highest BCUT2D eigenvalue weighted by molar-refractivity contribution is 7.46. The van der Waals surface area contributed by atoms with Crippen LogP contribution in [0.25, 0.3) is 0 Å². The minimum absolute atomic E-state index is 0. The van der Waals surface area contributed by atoms with Crippen LogP contribution in [0, 0.1) is 0 Å². The van der Waals surface area contributed by atoms with Crippen molar-refractivity contribution in [3.05, 3.63) is 0 Å². The molecule has 114 valence electrons. The second kappa shape index (κ2) is 13.9. The van der Waals surface area contributed by atoms with Crippen LogP contribution >= 0.6 is 15.6 Å². The molecule has 0 unspecified atom stereocenters. The summed E-state index contributed by atoms with van der Waals surface area (Å²) in [4.78, 5) is 32.4. The van der Waals surface area contributed by atoms with Gasteiger partial charge in [-0.15, -0.1) is 0 Å². The molecule has 13 heteroatoms. The van der Waals surface area contributed by atoms with Gasteiger partial charge in [-0.05, 0) is 14.1 Å². The van der Waals surface area contributed by atoms with Crippen molar-refractivity contribution in [2.45, 2.75) is 0 Å². The number of hydrogen-bond donors (Lipinski definition) is 6. The van der Waals surface area contributed by atoms with Crippen LogP contribution < -0.4 is 10.6 Å². The second-order valence-corrected chi connectivity index (χ2v) is 5.33. The molecule has 10 nitrogen and oxygen atoms in total. The molecule has 0 spiro atoms. The van der Waals surface area contributed by atoms with Crippen LogP contribution in [0.2, 0.25) is 0 Å². The van der Waals surface area contributed by atoms with Crippen molar-refractivity contribution in [2.75, 3.05) is 40.4 Å². The molecule has 0 heterocycles. The van der Waals surface area contributed by atoms with Gasteiger partial charge in [0.25, 0.3) is 0 Å². The molecule has 0 aliphatic rings. The van der Waals surface area contributed by atoms with Crippen LogP contribution in [0.5, 0.6) is 0 Å². The van der Waals surface area contributed by atoms with E-state index in [1.165, 1.54) is 0 Å². The maximum absolute atomic E-state index is 9.95. The van der Waals surface area contributed by atoms with E-state index in [1.807, 2.05) is 0 Å². The van der Waals surface area contributed by atoms with E-state index in [-0.39, 0.29) is 36.3 Å². The predicted octanol–water partition coefficient (Wildman–Crippen LogP) is -1.75. The fourth-order valence-corrected chi connectivity index (χ4v) is 1.19. The quantitative estimate of drug-likeness (QED) is 0.171. The molecule has 19 heavy (non-hydrogen) atoms. The van der Waals surface area contributed by atoms with Gasteiger partial charge in [0, 0.05) is 36.1 Å². The largest absolute Gasteiger partial charge is 0.469 e. The molecule has 0 atom stereocenters. The van der Waals surface area contributed by atoms with Gasteiger partial charge in [-0.2, -0.15) is 0 Å². The van der Waals surface area contributed by atoms with Gasteiger partial charge in [-0.1, -0.05) is 0 Å². The summed E-state index contributed by atoms with van der Waals surface area (Å²) in [5.74, 6) is 0. The van der Waals surface area contributed by atoms with Crippen LogP contribution in [-0.4, -0.2) is 83.0 Å². The van der Waals surface area contributed by atoms with Gasteiger partial charge in [0.2, 0.25) is 0 Å². The third-order valence-corrected chi connectivity index (χ3v) is 2.26. The lowest BCUT2D eigenvalue weighted by Gasteiger charge is -2.02. The minimum Gasteiger partial charge on any atom is -0.317 e. The summed E-state index contributed by atoms with van der Waals surface area (Å²) in [5, 5.41) is 5.34. The maximum Gasteiger partial charge on any atom is 0.469 e. The van der Waals surface area contributed by atoms with E-state index in [0.29, 0.717) is 13.1 Å². The molecule has 0 amide bonds. The second-order valence-electron chi connectivity index (χ2n) is 2.85. The summed E-state index contributed by atoms with van der Waals surface area (Å²) in [6.07, 6.45) is 0. The monoisotopic (exact) mass is 334 g/mol. The molecular weight excluding hydrogens is 314 g/mol. The Morgan fingerprint density at radius 2 is 1.11 bits per heavy atom. The number of hydrogen-bond acceptors (Lipinski definition) is 6. The lowest BCUT2D eigenvalue weighted by atomic mass is 10.7. The summed E-state index contributed by atoms with van der Waals surface area (Å²) in [5.41, 5.74) is 0. The van der Waals surface area contributed by atoms with Crippen LogP contribution in [0.3, 0.4) is 0 Å². The van der Waals surface area contributed by atoms with Crippen LogP contribution in [-0.2, 0) is 18.2 Å². The number of likely N-dealkylation sites (N-methyl/N-ethyl adjacent to an activating group) is 2. The summed E-state index contributed by atoms with van der Waals surface area (Å²) >= 11 is 0. The fraction of sp³-hybridized carbons (Fsp3) is 1.00. The Hall–Kier alpha value is 0.906. The van der Waals surface area contributed by atoms with Gasteiger partial charge >= 0.3 is 15.6 Å². The third-order valence-electron chi connectivity index (χ3n) is 1.22. The first-order valence-electron chi connectivity index (χ1n) is 4.81. The lowest BCUT2D eigenvalue weighted by Crippen LogP contribution is -2.13. The first-order valence-corrected chi connectivity index (χ1v) is 7.88. The molecule has 2 radical (unpaired) electrons. The Kier molecular flexibility index (Phi) is 18.2. The predicted molar refractivity (Wildman–Crippen MR) is 69.6 cm³/mol. The average molecular weight is 334 g/mol. The molecule has 0 fully saturated rings. The zero-order chi connectivity index (χ0) is 14.7. The molecule has 0 aromatic heterocycles. The first-order chi connectivity index (χ1) is 8.12. The van der Waals surface area contributed by atoms with Crippen molar-refractivity contribution < 1.29 is 37.8 Å². The van der Waals surface area contributed by atoms with Crippen LogP contribution in [0.1, 0.15) is 0 Å². The van der Waals surface area contributed by atoms with Crippen molar-refractivity contribution in [1.29, 1.82) is 0 Å². The minimum atomic E-state index is -4.24. The first kappa shape index (κ1) is 24.9. The highest BCUT2D eigenvalue weighted by Crippen LogP contribution is 2.35. The van der Waals surface area contributed by atoms with Gasteiger partial charge in [0.05, 0.1) is 13.2 Å². The molecule has 0 saturated heterocycles. The van der Waals surface area contributed by atoms with Gasteiger partial charge in [0.1, 0.15) is 0 Å². The van der Waals surface area contributed by atoms with E-state index < -0.39 is 15.6 Å². The zero-order valence-corrected chi connectivity index (χ0v) is 14.1. The Balaban J connectivity index is -0.000000256. The molecule has 6 N–H and O–H groups in total. The van der Waals surface area contributed by atoms with Crippen LogP contribution in [0.15, 0.2) is 0 Å². The highest BCUT2D eigenvalue weighted by atomic mass is 31.2. The van der Waals surface area contributed by atoms with E-state index >= 15 is 0 Å². The molecule has 0 aliphatic heterocycles. The van der Waals surface area contributed by atoms with Crippen molar-refractivity contribution >= 4 is 38.7 Å². The smallest absolute Gasteiger partial charge is 0.317 e. The van der Waals surface area contributed by atoms with E-state index in [9.17, 15) is 9.13 Å².